The second kappa shape index (κ2) is 6.60. The maximum atomic E-state index is 9.70. The molecular weight excluding hydrogens is 314 g/mol. The first-order chi connectivity index (χ1) is 12.3. The number of aromatic hydroxyl groups is 1. The summed E-state index contributed by atoms with van der Waals surface area (Å²) in [5.74, 6) is 1.09. The maximum absolute atomic E-state index is 9.70. The molecule has 25 heavy (non-hydrogen) atoms. The largest absolute Gasteiger partial charge is 0.508 e. The van der Waals surface area contributed by atoms with Gasteiger partial charge in [0.15, 0.2) is 5.65 Å². The van der Waals surface area contributed by atoms with Crippen molar-refractivity contribution in [3.63, 3.8) is 0 Å². The van der Waals surface area contributed by atoms with Crippen molar-refractivity contribution < 1.29 is 5.11 Å². The lowest BCUT2D eigenvalue weighted by Crippen LogP contribution is -2.09. The minimum absolute atomic E-state index is 0.224. The van der Waals surface area contributed by atoms with Crippen LogP contribution in [0.5, 0.6) is 5.75 Å². The molecule has 0 bridgehead atoms. The van der Waals surface area contributed by atoms with Gasteiger partial charge in [-0.05, 0) is 35.9 Å². The minimum atomic E-state index is 0.224. The molecule has 0 amide bonds. The molecule has 6 heteroatoms. The lowest BCUT2D eigenvalue weighted by atomic mass is 10.1. The van der Waals surface area contributed by atoms with Gasteiger partial charge in [0.05, 0.1) is 6.20 Å². The van der Waals surface area contributed by atoms with E-state index in [0.717, 1.165) is 41.3 Å². The quantitative estimate of drug-likeness (QED) is 0.587. The molecule has 124 valence electrons. The van der Waals surface area contributed by atoms with E-state index >= 15 is 0 Å². The summed E-state index contributed by atoms with van der Waals surface area (Å²) in [4.78, 5) is 8.77. The molecule has 0 unspecified atom stereocenters. The van der Waals surface area contributed by atoms with Gasteiger partial charge >= 0.3 is 0 Å². The Labute approximate surface area is 144 Å². The Balaban J connectivity index is 1.59. The Bertz CT molecular complexity index is 997. The SMILES string of the molecule is Oc1cccc(-c2cnn3c(NCCc4ccccn4)ccnc23)c1. The van der Waals surface area contributed by atoms with Gasteiger partial charge in [0, 0.05) is 36.6 Å². The fourth-order valence-corrected chi connectivity index (χ4v) is 2.77. The van der Waals surface area contributed by atoms with Gasteiger partial charge in [-0.1, -0.05) is 18.2 Å². The molecule has 0 aliphatic heterocycles. The van der Waals surface area contributed by atoms with Crippen molar-refractivity contribution in [2.24, 2.45) is 0 Å². The van der Waals surface area contributed by atoms with E-state index in [2.05, 4.69) is 20.4 Å². The molecule has 3 heterocycles. The molecule has 6 nitrogen and oxygen atoms in total. The molecule has 0 spiro atoms. The number of hydrogen-bond donors (Lipinski definition) is 2. The van der Waals surface area contributed by atoms with Crippen LogP contribution in [0, 0.1) is 0 Å². The Morgan fingerprint density at radius 1 is 1.00 bits per heavy atom. The summed E-state index contributed by atoms with van der Waals surface area (Å²) in [5.41, 5.74) is 3.55. The van der Waals surface area contributed by atoms with Crippen molar-refractivity contribution in [2.45, 2.75) is 6.42 Å². The van der Waals surface area contributed by atoms with Gasteiger partial charge in [-0.2, -0.15) is 9.61 Å². The van der Waals surface area contributed by atoms with Crippen LogP contribution in [0.4, 0.5) is 5.82 Å². The zero-order chi connectivity index (χ0) is 17.1. The van der Waals surface area contributed by atoms with Crippen LogP contribution in [0.25, 0.3) is 16.8 Å². The number of fused-ring (bicyclic) bond motifs is 1. The second-order valence-corrected chi connectivity index (χ2v) is 5.67. The Morgan fingerprint density at radius 3 is 2.80 bits per heavy atom. The molecule has 0 aliphatic rings. The topological polar surface area (TPSA) is 75.3 Å². The third kappa shape index (κ3) is 3.14. The predicted octanol–water partition coefficient (Wildman–Crippen LogP) is 3.15. The third-order valence-corrected chi connectivity index (χ3v) is 3.97. The average molecular weight is 331 g/mol. The van der Waals surface area contributed by atoms with Crippen LogP contribution in [0.15, 0.2) is 67.1 Å². The number of nitrogens with zero attached hydrogens (tertiary/aromatic N) is 4. The van der Waals surface area contributed by atoms with Gasteiger partial charge in [0.1, 0.15) is 11.6 Å². The van der Waals surface area contributed by atoms with Crippen molar-refractivity contribution in [3.05, 3.63) is 72.8 Å². The lowest BCUT2D eigenvalue weighted by Gasteiger charge is -2.08. The molecule has 0 saturated carbocycles. The van der Waals surface area contributed by atoms with Gasteiger partial charge < -0.3 is 10.4 Å². The molecule has 0 aliphatic carbocycles. The Kier molecular flexibility index (Phi) is 4.00. The van der Waals surface area contributed by atoms with E-state index in [-0.39, 0.29) is 5.75 Å². The fraction of sp³-hybridized carbons (Fsp3) is 0.105. The standard InChI is InChI=1S/C19H17N5O/c25-16-6-3-4-14(12-16)17-13-23-24-18(8-11-22-19(17)24)21-10-7-15-5-1-2-9-20-15/h1-6,8-9,11-13,21,25H,7,10H2. The van der Waals surface area contributed by atoms with Crippen LogP contribution in [0.3, 0.4) is 0 Å². The third-order valence-electron chi connectivity index (χ3n) is 3.97. The van der Waals surface area contributed by atoms with Gasteiger partial charge in [-0.15, -0.1) is 0 Å². The fourth-order valence-electron chi connectivity index (χ4n) is 2.77. The van der Waals surface area contributed by atoms with Crippen molar-refractivity contribution in [1.29, 1.82) is 0 Å². The number of nitrogens with one attached hydrogen (secondary N) is 1. The Morgan fingerprint density at radius 2 is 1.96 bits per heavy atom. The monoisotopic (exact) mass is 331 g/mol. The summed E-state index contributed by atoms with van der Waals surface area (Å²) in [6.07, 6.45) is 6.15. The van der Waals surface area contributed by atoms with Gasteiger partial charge in [0.2, 0.25) is 0 Å². The van der Waals surface area contributed by atoms with Gasteiger partial charge in [-0.25, -0.2) is 4.98 Å². The number of aromatic nitrogens is 4. The van der Waals surface area contributed by atoms with E-state index in [1.807, 2.05) is 36.4 Å². The van der Waals surface area contributed by atoms with E-state index in [1.165, 1.54) is 0 Å². The van der Waals surface area contributed by atoms with Crippen LogP contribution in [0.2, 0.25) is 0 Å². The highest BCUT2D eigenvalue weighted by molar-refractivity contribution is 5.78. The summed E-state index contributed by atoms with van der Waals surface area (Å²) >= 11 is 0. The molecule has 0 radical (unpaired) electrons. The number of rotatable bonds is 5. The highest BCUT2D eigenvalue weighted by atomic mass is 16.3. The molecule has 4 rings (SSSR count). The zero-order valence-corrected chi connectivity index (χ0v) is 13.5. The molecule has 1 aromatic carbocycles. The summed E-state index contributed by atoms with van der Waals surface area (Å²) in [6, 6.07) is 14.9. The number of phenols is 1. The van der Waals surface area contributed by atoms with E-state index < -0.39 is 0 Å². The average Bonchev–Trinajstić information content (AvgIpc) is 3.08. The predicted molar refractivity (Wildman–Crippen MR) is 96.5 cm³/mol. The van der Waals surface area contributed by atoms with Crippen LogP contribution >= 0.6 is 0 Å². The van der Waals surface area contributed by atoms with Gasteiger partial charge in [-0.3, -0.25) is 4.98 Å². The summed E-state index contributed by atoms with van der Waals surface area (Å²) in [6.45, 7) is 0.747. The van der Waals surface area contributed by atoms with E-state index in [0.29, 0.717) is 0 Å². The van der Waals surface area contributed by atoms with Crippen molar-refractivity contribution in [3.8, 4) is 16.9 Å². The Hall–Kier alpha value is -3.41. The molecule has 0 fully saturated rings. The van der Waals surface area contributed by atoms with Crippen LogP contribution in [0.1, 0.15) is 5.69 Å². The van der Waals surface area contributed by atoms with Crippen molar-refractivity contribution >= 4 is 11.5 Å². The summed E-state index contributed by atoms with van der Waals surface area (Å²) in [5, 5.41) is 17.5. The number of pyridine rings is 1. The first-order valence-electron chi connectivity index (χ1n) is 8.07. The lowest BCUT2D eigenvalue weighted by molar-refractivity contribution is 0.475. The molecule has 0 atom stereocenters. The number of phenolic OH excluding ortho intramolecular Hbond substituents is 1. The van der Waals surface area contributed by atoms with Crippen molar-refractivity contribution in [2.75, 3.05) is 11.9 Å². The van der Waals surface area contributed by atoms with Crippen LogP contribution in [-0.2, 0) is 6.42 Å². The second-order valence-electron chi connectivity index (χ2n) is 5.67. The van der Waals surface area contributed by atoms with Gasteiger partial charge in [0.25, 0.3) is 0 Å². The molecule has 2 N–H and O–H groups in total. The van der Waals surface area contributed by atoms with E-state index in [1.54, 1.807) is 35.2 Å². The summed E-state index contributed by atoms with van der Waals surface area (Å²) in [7, 11) is 0. The number of hydrogen-bond acceptors (Lipinski definition) is 5. The molecule has 3 aromatic heterocycles. The smallest absolute Gasteiger partial charge is 0.165 e. The highest BCUT2D eigenvalue weighted by Gasteiger charge is 2.10. The van der Waals surface area contributed by atoms with E-state index in [4.69, 9.17) is 0 Å². The first-order valence-corrected chi connectivity index (χ1v) is 8.07. The molecule has 0 saturated heterocycles. The maximum Gasteiger partial charge on any atom is 0.165 e. The highest BCUT2D eigenvalue weighted by Crippen LogP contribution is 2.27. The summed E-state index contributed by atoms with van der Waals surface area (Å²) < 4.78 is 1.78. The molecular formula is C19H17N5O. The zero-order valence-electron chi connectivity index (χ0n) is 13.5. The van der Waals surface area contributed by atoms with Crippen LogP contribution < -0.4 is 5.32 Å². The minimum Gasteiger partial charge on any atom is -0.508 e. The number of benzene rings is 1. The normalized spacial score (nSPS) is 10.9. The van der Waals surface area contributed by atoms with Crippen molar-refractivity contribution in [1.82, 2.24) is 19.6 Å². The number of anilines is 1. The molecule has 4 aromatic rings. The van der Waals surface area contributed by atoms with E-state index in [9.17, 15) is 5.11 Å². The first kappa shape index (κ1) is 15.1. The van der Waals surface area contributed by atoms with Crippen LogP contribution in [-0.4, -0.2) is 31.2 Å².